The number of halogens is 1. The van der Waals surface area contributed by atoms with Crippen LogP contribution in [-0.2, 0) is 16.1 Å². The maximum Gasteiger partial charge on any atom is 0.313 e. The molecule has 1 atom stereocenters. The largest absolute Gasteiger partial charge is 0.469 e. The molecule has 0 amide bonds. The molecule has 0 bridgehead atoms. The minimum Gasteiger partial charge on any atom is -0.469 e. The number of aliphatic hydroxyl groups excluding tert-OH is 1. The van der Waals surface area contributed by atoms with Crippen LogP contribution in [0.5, 0.6) is 0 Å². The fraction of sp³-hybridized carbons (Fsp3) is 0.417. The molecule has 5 heteroatoms. The standard InChI is InChI=1S/C12H17NO3.ClH/c1-16-12(15)11(6-7-14)10-4-2-9(8-13)3-5-10;/h2-5,11,14H,6-8,13H2,1H3;1H. The predicted molar refractivity (Wildman–Crippen MR) is 68.0 cm³/mol. The fourth-order valence-electron chi connectivity index (χ4n) is 1.58. The molecule has 3 N–H and O–H groups in total. The van der Waals surface area contributed by atoms with Gasteiger partial charge in [0.05, 0.1) is 13.0 Å². The SMILES string of the molecule is COC(=O)C(CCO)c1ccc(CN)cc1.Cl. The van der Waals surface area contributed by atoms with E-state index in [0.717, 1.165) is 11.1 Å². The molecule has 1 aromatic rings. The van der Waals surface area contributed by atoms with Crippen molar-refractivity contribution >= 4 is 18.4 Å². The van der Waals surface area contributed by atoms with Crippen LogP contribution in [0.15, 0.2) is 24.3 Å². The lowest BCUT2D eigenvalue weighted by Crippen LogP contribution is -2.15. The topological polar surface area (TPSA) is 72.5 Å². The van der Waals surface area contributed by atoms with Gasteiger partial charge in [-0.05, 0) is 17.5 Å². The molecule has 0 aromatic heterocycles. The van der Waals surface area contributed by atoms with Crippen molar-refractivity contribution in [3.8, 4) is 0 Å². The molecule has 0 aliphatic heterocycles. The molecule has 96 valence electrons. The predicted octanol–water partition coefficient (Wildman–Crippen LogP) is 1.21. The summed E-state index contributed by atoms with van der Waals surface area (Å²) in [5, 5.41) is 8.92. The summed E-state index contributed by atoms with van der Waals surface area (Å²) in [6.45, 7) is 0.432. The average Bonchev–Trinajstić information content (AvgIpc) is 2.35. The van der Waals surface area contributed by atoms with Gasteiger partial charge >= 0.3 is 5.97 Å². The van der Waals surface area contributed by atoms with Crippen LogP contribution in [0.1, 0.15) is 23.5 Å². The normalized spacial score (nSPS) is 11.5. The first-order chi connectivity index (χ1) is 7.72. The fourth-order valence-corrected chi connectivity index (χ4v) is 1.58. The zero-order valence-corrected chi connectivity index (χ0v) is 10.6. The molecular formula is C12H18ClNO3. The number of aliphatic hydroxyl groups is 1. The molecule has 0 aliphatic carbocycles. The van der Waals surface area contributed by atoms with Gasteiger partial charge in [-0.1, -0.05) is 24.3 Å². The van der Waals surface area contributed by atoms with Crippen LogP contribution in [0.4, 0.5) is 0 Å². The molecule has 0 spiro atoms. The lowest BCUT2D eigenvalue weighted by Gasteiger charge is -2.13. The summed E-state index contributed by atoms with van der Waals surface area (Å²) in [6.07, 6.45) is 0.370. The second-order valence-electron chi connectivity index (χ2n) is 3.53. The Morgan fingerprint density at radius 3 is 2.41 bits per heavy atom. The molecule has 1 aromatic carbocycles. The van der Waals surface area contributed by atoms with Gasteiger partial charge in [0, 0.05) is 13.2 Å². The molecule has 0 fully saturated rings. The lowest BCUT2D eigenvalue weighted by molar-refractivity contribution is -0.142. The summed E-state index contributed by atoms with van der Waals surface area (Å²) in [4.78, 5) is 11.5. The first-order valence-corrected chi connectivity index (χ1v) is 5.20. The van der Waals surface area contributed by atoms with Gasteiger partial charge < -0.3 is 15.6 Å². The molecule has 4 nitrogen and oxygen atoms in total. The molecule has 1 rings (SSSR count). The minimum absolute atomic E-state index is 0. The van der Waals surface area contributed by atoms with Gasteiger partial charge in [-0.25, -0.2) is 0 Å². The Labute approximate surface area is 107 Å². The van der Waals surface area contributed by atoms with Gasteiger partial charge in [0.1, 0.15) is 0 Å². The van der Waals surface area contributed by atoms with Crippen LogP contribution in [0.3, 0.4) is 0 Å². The van der Waals surface area contributed by atoms with Crippen molar-refractivity contribution in [2.75, 3.05) is 13.7 Å². The zero-order valence-electron chi connectivity index (χ0n) is 9.76. The van der Waals surface area contributed by atoms with Gasteiger partial charge in [0.25, 0.3) is 0 Å². The number of nitrogens with two attached hydrogens (primary N) is 1. The molecular weight excluding hydrogens is 242 g/mol. The third-order valence-electron chi connectivity index (χ3n) is 2.52. The van der Waals surface area contributed by atoms with Crippen molar-refractivity contribution in [3.63, 3.8) is 0 Å². The Kier molecular flexibility index (Phi) is 7.54. The van der Waals surface area contributed by atoms with E-state index in [9.17, 15) is 4.79 Å². The number of methoxy groups -OCH3 is 1. The van der Waals surface area contributed by atoms with E-state index in [0.29, 0.717) is 13.0 Å². The lowest BCUT2D eigenvalue weighted by atomic mass is 9.95. The van der Waals surface area contributed by atoms with Gasteiger partial charge in [-0.3, -0.25) is 4.79 Å². The Balaban J connectivity index is 0.00000256. The number of carbonyl (C=O) groups excluding carboxylic acids is 1. The third-order valence-corrected chi connectivity index (χ3v) is 2.52. The number of carbonyl (C=O) groups is 1. The van der Waals surface area contributed by atoms with Crippen molar-refractivity contribution in [1.82, 2.24) is 0 Å². The van der Waals surface area contributed by atoms with E-state index in [1.54, 1.807) is 0 Å². The highest BCUT2D eigenvalue weighted by Gasteiger charge is 2.20. The van der Waals surface area contributed by atoms with Crippen molar-refractivity contribution in [2.45, 2.75) is 18.9 Å². The highest BCUT2D eigenvalue weighted by molar-refractivity contribution is 5.85. The molecule has 1 unspecified atom stereocenters. The number of hydrogen-bond acceptors (Lipinski definition) is 4. The molecule has 0 heterocycles. The van der Waals surface area contributed by atoms with Crippen LogP contribution < -0.4 is 5.73 Å². The summed E-state index contributed by atoms with van der Waals surface area (Å²) in [6, 6.07) is 7.45. The van der Waals surface area contributed by atoms with Crippen LogP contribution in [0.2, 0.25) is 0 Å². The number of rotatable bonds is 5. The van der Waals surface area contributed by atoms with E-state index in [-0.39, 0.29) is 25.0 Å². The summed E-state index contributed by atoms with van der Waals surface area (Å²) in [5.74, 6) is -0.726. The van der Waals surface area contributed by atoms with Gasteiger partial charge in [0.2, 0.25) is 0 Å². The Bertz CT molecular complexity index is 340. The van der Waals surface area contributed by atoms with E-state index in [2.05, 4.69) is 0 Å². The monoisotopic (exact) mass is 259 g/mol. The van der Waals surface area contributed by atoms with E-state index < -0.39 is 5.92 Å². The van der Waals surface area contributed by atoms with Crippen molar-refractivity contribution in [1.29, 1.82) is 0 Å². The number of ether oxygens (including phenoxy) is 1. The maximum absolute atomic E-state index is 11.5. The summed E-state index contributed by atoms with van der Waals surface area (Å²) in [7, 11) is 1.35. The van der Waals surface area contributed by atoms with Crippen LogP contribution in [0, 0.1) is 0 Å². The second-order valence-corrected chi connectivity index (χ2v) is 3.53. The summed E-state index contributed by atoms with van der Waals surface area (Å²) in [5.41, 5.74) is 7.35. The highest BCUT2D eigenvalue weighted by atomic mass is 35.5. The van der Waals surface area contributed by atoms with E-state index in [1.807, 2.05) is 24.3 Å². The van der Waals surface area contributed by atoms with E-state index in [1.165, 1.54) is 7.11 Å². The molecule has 0 aliphatic rings. The van der Waals surface area contributed by atoms with Crippen molar-refractivity contribution in [3.05, 3.63) is 35.4 Å². The van der Waals surface area contributed by atoms with E-state index >= 15 is 0 Å². The molecule has 0 saturated carbocycles. The minimum atomic E-state index is -0.401. The smallest absolute Gasteiger partial charge is 0.313 e. The Morgan fingerprint density at radius 1 is 1.41 bits per heavy atom. The summed E-state index contributed by atoms with van der Waals surface area (Å²) >= 11 is 0. The first kappa shape index (κ1) is 15.9. The number of esters is 1. The second kappa shape index (κ2) is 8.06. The van der Waals surface area contributed by atoms with Crippen LogP contribution >= 0.6 is 12.4 Å². The van der Waals surface area contributed by atoms with Gasteiger partial charge in [0.15, 0.2) is 0 Å². The van der Waals surface area contributed by atoms with Crippen molar-refractivity contribution < 1.29 is 14.6 Å². The Hall–Kier alpha value is -1.10. The number of hydrogen-bond donors (Lipinski definition) is 2. The Morgan fingerprint density at radius 2 is 2.00 bits per heavy atom. The van der Waals surface area contributed by atoms with Crippen LogP contribution in [0.25, 0.3) is 0 Å². The quantitative estimate of drug-likeness (QED) is 0.780. The van der Waals surface area contributed by atoms with E-state index in [4.69, 9.17) is 15.6 Å². The molecule has 0 saturated heterocycles. The third kappa shape index (κ3) is 4.34. The number of benzene rings is 1. The zero-order chi connectivity index (χ0) is 12.0. The average molecular weight is 260 g/mol. The van der Waals surface area contributed by atoms with Crippen molar-refractivity contribution in [2.24, 2.45) is 5.73 Å². The van der Waals surface area contributed by atoms with Crippen LogP contribution in [-0.4, -0.2) is 24.8 Å². The highest BCUT2D eigenvalue weighted by Crippen LogP contribution is 2.21. The molecule has 17 heavy (non-hydrogen) atoms. The first-order valence-electron chi connectivity index (χ1n) is 5.20. The van der Waals surface area contributed by atoms with Gasteiger partial charge in [-0.2, -0.15) is 0 Å². The maximum atomic E-state index is 11.5. The molecule has 0 radical (unpaired) electrons. The van der Waals surface area contributed by atoms with Gasteiger partial charge in [-0.15, -0.1) is 12.4 Å². The summed E-state index contributed by atoms with van der Waals surface area (Å²) < 4.78 is 4.70.